The molecule has 0 saturated carbocycles. The number of aliphatic hydroxyl groups is 1. The Morgan fingerprint density at radius 3 is 2.18 bits per heavy atom. The number of aliphatic hydroxyl groups excluding tert-OH is 1. The molecule has 0 aliphatic carbocycles. The van der Waals surface area contributed by atoms with E-state index >= 15 is 0 Å². The van der Waals surface area contributed by atoms with Crippen LogP contribution in [0.1, 0.15) is 25.5 Å². The van der Waals surface area contributed by atoms with Gasteiger partial charge >= 0.3 is 0 Å². The lowest BCUT2D eigenvalue weighted by molar-refractivity contribution is 0.125. The van der Waals surface area contributed by atoms with E-state index in [0.717, 1.165) is 5.56 Å². The Hall–Kier alpha value is -1.26. The highest BCUT2D eigenvalue weighted by molar-refractivity contribution is 5.43. The van der Waals surface area contributed by atoms with Gasteiger partial charge in [0.1, 0.15) is 0 Å². The van der Waals surface area contributed by atoms with Crippen LogP contribution in [0.2, 0.25) is 0 Å². The molecule has 0 amide bonds. The van der Waals surface area contributed by atoms with Crippen molar-refractivity contribution in [3.63, 3.8) is 0 Å². The van der Waals surface area contributed by atoms with Gasteiger partial charge in [-0.1, -0.05) is 19.9 Å². The average Bonchev–Trinajstić information content (AvgIpc) is 2.35. The molecule has 0 heterocycles. The van der Waals surface area contributed by atoms with Gasteiger partial charge in [-0.25, -0.2) is 0 Å². The zero-order valence-electron chi connectivity index (χ0n) is 10.8. The highest BCUT2D eigenvalue weighted by Gasteiger charge is 2.21. The van der Waals surface area contributed by atoms with E-state index < -0.39 is 6.10 Å². The van der Waals surface area contributed by atoms with Crippen molar-refractivity contribution < 1.29 is 14.6 Å². The lowest BCUT2D eigenvalue weighted by Crippen LogP contribution is -2.33. The maximum atomic E-state index is 10.1. The molecule has 0 spiro atoms. The predicted octanol–water partition coefficient (Wildman–Crippen LogP) is 1.72. The van der Waals surface area contributed by atoms with Crippen LogP contribution in [0.5, 0.6) is 11.5 Å². The van der Waals surface area contributed by atoms with Gasteiger partial charge in [0.05, 0.1) is 20.3 Å². The molecule has 0 saturated heterocycles. The van der Waals surface area contributed by atoms with Gasteiger partial charge in [0.25, 0.3) is 0 Å². The molecule has 0 aliphatic rings. The van der Waals surface area contributed by atoms with E-state index in [1.54, 1.807) is 32.4 Å². The van der Waals surface area contributed by atoms with E-state index in [2.05, 4.69) is 0 Å². The third-order valence-electron chi connectivity index (χ3n) is 2.88. The Balaban J connectivity index is 2.99. The first-order chi connectivity index (χ1) is 8.01. The standard InChI is InChI=1S/C13H21NO3/c1-8(2)12(14)13(15)9-5-6-10(16-3)11(7-9)17-4/h5-8,12-13,15H,14H2,1-4H3. The number of rotatable bonds is 5. The molecule has 1 aromatic rings. The number of hydrogen-bond acceptors (Lipinski definition) is 4. The van der Waals surface area contributed by atoms with Crippen molar-refractivity contribution in [1.82, 2.24) is 0 Å². The van der Waals surface area contributed by atoms with Crippen molar-refractivity contribution in [2.75, 3.05) is 14.2 Å². The van der Waals surface area contributed by atoms with Crippen LogP contribution in [-0.4, -0.2) is 25.4 Å². The first-order valence-corrected chi connectivity index (χ1v) is 5.66. The lowest BCUT2D eigenvalue weighted by atomic mass is 9.94. The second kappa shape index (κ2) is 5.89. The van der Waals surface area contributed by atoms with Crippen molar-refractivity contribution >= 4 is 0 Å². The summed E-state index contributed by atoms with van der Waals surface area (Å²) in [6, 6.07) is 5.03. The molecule has 0 bridgehead atoms. The Morgan fingerprint density at radius 2 is 1.71 bits per heavy atom. The van der Waals surface area contributed by atoms with Gasteiger partial charge < -0.3 is 20.3 Å². The summed E-state index contributed by atoms with van der Waals surface area (Å²) in [5.74, 6) is 1.44. The molecule has 0 radical (unpaired) electrons. The monoisotopic (exact) mass is 239 g/mol. The number of hydrogen-bond donors (Lipinski definition) is 2. The summed E-state index contributed by atoms with van der Waals surface area (Å²) < 4.78 is 10.3. The third kappa shape index (κ3) is 3.11. The van der Waals surface area contributed by atoms with E-state index in [1.165, 1.54) is 0 Å². The maximum absolute atomic E-state index is 10.1. The quantitative estimate of drug-likeness (QED) is 0.821. The second-order valence-electron chi connectivity index (χ2n) is 4.38. The third-order valence-corrected chi connectivity index (χ3v) is 2.88. The van der Waals surface area contributed by atoms with Gasteiger partial charge in [-0.15, -0.1) is 0 Å². The topological polar surface area (TPSA) is 64.7 Å². The lowest BCUT2D eigenvalue weighted by Gasteiger charge is -2.23. The average molecular weight is 239 g/mol. The number of nitrogens with two attached hydrogens (primary N) is 1. The Bertz CT molecular complexity index is 366. The van der Waals surface area contributed by atoms with E-state index in [1.807, 2.05) is 13.8 Å². The molecule has 4 nitrogen and oxygen atoms in total. The molecule has 1 aromatic carbocycles. The van der Waals surface area contributed by atoms with E-state index in [4.69, 9.17) is 15.2 Å². The van der Waals surface area contributed by atoms with Gasteiger partial charge in [-0.05, 0) is 23.6 Å². The molecule has 2 atom stereocenters. The number of ether oxygens (including phenoxy) is 2. The van der Waals surface area contributed by atoms with Crippen LogP contribution < -0.4 is 15.2 Å². The van der Waals surface area contributed by atoms with Crippen LogP contribution in [0.4, 0.5) is 0 Å². The fourth-order valence-corrected chi connectivity index (χ4v) is 1.62. The van der Waals surface area contributed by atoms with Gasteiger partial charge in [-0.2, -0.15) is 0 Å². The number of methoxy groups -OCH3 is 2. The predicted molar refractivity (Wildman–Crippen MR) is 67.3 cm³/mol. The SMILES string of the molecule is COc1ccc(C(O)C(N)C(C)C)cc1OC. The minimum absolute atomic E-state index is 0.207. The van der Waals surface area contributed by atoms with Gasteiger partial charge in [0, 0.05) is 6.04 Å². The molecule has 0 fully saturated rings. The first-order valence-electron chi connectivity index (χ1n) is 5.66. The molecule has 17 heavy (non-hydrogen) atoms. The molecule has 96 valence electrons. The largest absolute Gasteiger partial charge is 0.493 e. The minimum atomic E-state index is -0.699. The highest BCUT2D eigenvalue weighted by atomic mass is 16.5. The van der Waals surface area contributed by atoms with Crippen LogP contribution in [0, 0.1) is 5.92 Å². The molecule has 0 aromatic heterocycles. The van der Waals surface area contributed by atoms with Crippen molar-refractivity contribution in [2.45, 2.75) is 26.0 Å². The van der Waals surface area contributed by atoms with Gasteiger partial charge in [0.2, 0.25) is 0 Å². The summed E-state index contributed by atoms with van der Waals surface area (Å²) in [6.45, 7) is 3.96. The molecule has 1 rings (SSSR count). The van der Waals surface area contributed by atoms with E-state index in [0.29, 0.717) is 11.5 Å². The minimum Gasteiger partial charge on any atom is -0.493 e. The molecular formula is C13H21NO3. The molecule has 2 unspecified atom stereocenters. The zero-order valence-corrected chi connectivity index (χ0v) is 10.8. The molecule has 3 N–H and O–H groups in total. The molecule has 0 aliphatic heterocycles. The summed E-state index contributed by atoms with van der Waals surface area (Å²) in [5, 5.41) is 10.1. The summed E-state index contributed by atoms with van der Waals surface area (Å²) in [6.07, 6.45) is -0.699. The van der Waals surface area contributed by atoms with Crippen LogP contribution >= 0.6 is 0 Å². The fraction of sp³-hybridized carbons (Fsp3) is 0.538. The zero-order chi connectivity index (χ0) is 13.0. The van der Waals surface area contributed by atoms with Crippen LogP contribution in [0.25, 0.3) is 0 Å². The van der Waals surface area contributed by atoms with Crippen LogP contribution in [-0.2, 0) is 0 Å². The Morgan fingerprint density at radius 1 is 1.12 bits per heavy atom. The Kier molecular flexibility index (Phi) is 4.78. The van der Waals surface area contributed by atoms with E-state index in [9.17, 15) is 5.11 Å². The normalized spacial score (nSPS) is 14.5. The van der Waals surface area contributed by atoms with Crippen LogP contribution in [0.15, 0.2) is 18.2 Å². The van der Waals surface area contributed by atoms with Gasteiger partial charge in [0.15, 0.2) is 11.5 Å². The van der Waals surface area contributed by atoms with Gasteiger partial charge in [-0.3, -0.25) is 0 Å². The van der Waals surface area contributed by atoms with Crippen molar-refractivity contribution in [3.05, 3.63) is 23.8 Å². The smallest absolute Gasteiger partial charge is 0.161 e. The summed E-state index contributed by atoms with van der Waals surface area (Å²) in [4.78, 5) is 0. The summed E-state index contributed by atoms with van der Waals surface area (Å²) in [5.41, 5.74) is 6.67. The summed E-state index contributed by atoms with van der Waals surface area (Å²) >= 11 is 0. The Labute approximate surface area is 102 Å². The maximum Gasteiger partial charge on any atom is 0.161 e. The molecule has 4 heteroatoms. The van der Waals surface area contributed by atoms with Crippen molar-refractivity contribution in [3.8, 4) is 11.5 Å². The fourth-order valence-electron chi connectivity index (χ4n) is 1.62. The number of benzene rings is 1. The van der Waals surface area contributed by atoms with E-state index in [-0.39, 0.29) is 12.0 Å². The van der Waals surface area contributed by atoms with Crippen LogP contribution in [0.3, 0.4) is 0 Å². The second-order valence-corrected chi connectivity index (χ2v) is 4.38. The summed E-state index contributed by atoms with van der Waals surface area (Å²) in [7, 11) is 3.14. The first kappa shape index (κ1) is 13.8. The molecular weight excluding hydrogens is 218 g/mol. The highest BCUT2D eigenvalue weighted by Crippen LogP contribution is 2.31. The van der Waals surface area contributed by atoms with Crippen molar-refractivity contribution in [2.24, 2.45) is 11.7 Å². The van der Waals surface area contributed by atoms with Crippen molar-refractivity contribution in [1.29, 1.82) is 0 Å².